The Morgan fingerprint density at radius 3 is 2.67 bits per heavy atom. The Labute approximate surface area is 87.2 Å². The molecule has 0 aromatic heterocycles. The van der Waals surface area contributed by atoms with Gasteiger partial charge in [0.25, 0.3) is 0 Å². The van der Waals surface area contributed by atoms with E-state index >= 15 is 0 Å². The van der Waals surface area contributed by atoms with Gasteiger partial charge in [0.2, 0.25) is 11.8 Å². The second kappa shape index (κ2) is 4.77. The van der Waals surface area contributed by atoms with Gasteiger partial charge < -0.3 is 15.3 Å². The Morgan fingerprint density at radius 1 is 1.47 bits per heavy atom. The van der Waals surface area contributed by atoms with E-state index in [4.69, 9.17) is 5.11 Å². The van der Waals surface area contributed by atoms with E-state index in [1.54, 1.807) is 0 Å². The van der Waals surface area contributed by atoms with E-state index in [2.05, 4.69) is 5.32 Å². The zero-order valence-corrected chi connectivity index (χ0v) is 8.52. The maximum absolute atomic E-state index is 11.5. The van der Waals surface area contributed by atoms with Crippen LogP contribution in [0.15, 0.2) is 0 Å². The van der Waals surface area contributed by atoms with Crippen molar-refractivity contribution in [3.05, 3.63) is 0 Å². The first-order valence-corrected chi connectivity index (χ1v) is 4.79. The Balaban J connectivity index is 2.51. The van der Waals surface area contributed by atoms with Gasteiger partial charge in [0.05, 0.1) is 6.54 Å². The number of aliphatic carboxylic acids is 1. The summed E-state index contributed by atoms with van der Waals surface area (Å²) in [5.41, 5.74) is 0. The standard InChI is InChI=1S/C9H14N2O4/c1-6(12)10-5-8(13)11-4-2-3-7(11)9(14)15/h7H,2-5H2,1H3,(H,10,12)(H,14,15)/t7-/m0/s1. The summed E-state index contributed by atoms with van der Waals surface area (Å²) in [6.07, 6.45) is 1.18. The molecule has 1 aliphatic rings. The van der Waals surface area contributed by atoms with Crippen molar-refractivity contribution in [2.24, 2.45) is 0 Å². The summed E-state index contributed by atoms with van der Waals surface area (Å²) < 4.78 is 0. The minimum absolute atomic E-state index is 0.126. The zero-order chi connectivity index (χ0) is 11.4. The number of amides is 2. The summed E-state index contributed by atoms with van der Waals surface area (Å²) in [5, 5.41) is 11.2. The number of hydrogen-bond donors (Lipinski definition) is 2. The smallest absolute Gasteiger partial charge is 0.326 e. The molecule has 0 saturated carbocycles. The van der Waals surface area contributed by atoms with Crippen LogP contribution in [0.5, 0.6) is 0 Å². The van der Waals surface area contributed by atoms with Gasteiger partial charge in [-0.2, -0.15) is 0 Å². The Kier molecular flexibility index (Phi) is 3.65. The third kappa shape index (κ3) is 2.93. The lowest BCUT2D eigenvalue weighted by atomic mass is 10.2. The highest BCUT2D eigenvalue weighted by Gasteiger charge is 2.33. The van der Waals surface area contributed by atoms with Crippen LogP contribution in [0.2, 0.25) is 0 Å². The number of carboxylic acid groups (broad SMARTS) is 1. The fourth-order valence-corrected chi connectivity index (χ4v) is 1.62. The maximum Gasteiger partial charge on any atom is 0.326 e. The van der Waals surface area contributed by atoms with Crippen molar-refractivity contribution in [2.45, 2.75) is 25.8 Å². The van der Waals surface area contributed by atoms with E-state index in [-0.39, 0.29) is 18.4 Å². The summed E-state index contributed by atoms with van der Waals surface area (Å²) in [7, 11) is 0. The molecule has 1 heterocycles. The average Bonchev–Trinajstić information content (AvgIpc) is 2.62. The van der Waals surface area contributed by atoms with Crippen molar-refractivity contribution in [3.63, 3.8) is 0 Å². The highest BCUT2D eigenvalue weighted by molar-refractivity contribution is 5.87. The van der Waals surface area contributed by atoms with Gasteiger partial charge >= 0.3 is 5.97 Å². The number of carboxylic acids is 1. The number of carbonyl (C=O) groups is 3. The predicted molar refractivity (Wildman–Crippen MR) is 51.1 cm³/mol. The zero-order valence-electron chi connectivity index (χ0n) is 8.52. The number of likely N-dealkylation sites (tertiary alicyclic amines) is 1. The number of nitrogens with one attached hydrogen (secondary N) is 1. The number of rotatable bonds is 3. The molecule has 0 spiro atoms. The SMILES string of the molecule is CC(=O)NCC(=O)N1CCC[C@H]1C(=O)O. The topological polar surface area (TPSA) is 86.7 Å². The van der Waals surface area contributed by atoms with Gasteiger partial charge in [-0.05, 0) is 12.8 Å². The lowest BCUT2D eigenvalue weighted by Crippen LogP contribution is -2.45. The molecule has 1 fully saturated rings. The van der Waals surface area contributed by atoms with E-state index in [1.807, 2.05) is 0 Å². The van der Waals surface area contributed by atoms with Crippen molar-refractivity contribution in [1.29, 1.82) is 0 Å². The molecule has 0 bridgehead atoms. The Hall–Kier alpha value is -1.59. The Bertz CT molecular complexity index is 290. The quantitative estimate of drug-likeness (QED) is 0.643. The fourth-order valence-electron chi connectivity index (χ4n) is 1.62. The molecule has 6 heteroatoms. The minimum atomic E-state index is -0.983. The second-order valence-corrected chi connectivity index (χ2v) is 3.49. The molecule has 1 atom stereocenters. The van der Waals surface area contributed by atoms with E-state index in [9.17, 15) is 14.4 Å². The number of nitrogens with zero attached hydrogens (tertiary/aromatic N) is 1. The van der Waals surface area contributed by atoms with Crippen molar-refractivity contribution in [3.8, 4) is 0 Å². The molecule has 2 N–H and O–H groups in total. The molecule has 84 valence electrons. The molecule has 0 unspecified atom stereocenters. The number of carbonyl (C=O) groups excluding carboxylic acids is 2. The molecular weight excluding hydrogens is 200 g/mol. The molecular formula is C9H14N2O4. The lowest BCUT2D eigenvalue weighted by molar-refractivity contribution is -0.148. The lowest BCUT2D eigenvalue weighted by Gasteiger charge is -2.21. The van der Waals surface area contributed by atoms with Crippen LogP contribution >= 0.6 is 0 Å². The van der Waals surface area contributed by atoms with Gasteiger partial charge in [-0.1, -0.05) is 0 Å². The fraction of sp³-hybridized carbons (Fsp3) is 0.667. The van der Waals surface area contributed by atoms with Gasteiger partial charge in [-0.15, -0.1) is 0 Å². The van der Waals surface area contributed by atoms with Gasteiger partial charge in [0.15, 0.2) is 0 Å². The van der Waals surface area contributed by atoms with Crippen LogP contribution in [-0.4, -0.2) is 46.9 Å². The third-order valence-electron chi connectivity index (χ3n) is 2.35. The summed E-state index contributed by atoms with van der Waals surface area (Å²) >= 11 is 0. The summed E-state index contributed by atoms with van der Waals surface area (Å²) in [6, 6.07) is -0.730. The van der Waals surface area contributed by atoms with Crippen LogP contribution in [0.3, 0.4) is 0 Å². The van der Waals surface area contributed by atoms with Gasteiger partial charge in [0.1, 0.15) is 6.04 Å². The first-order chi connectivity index (χ1) is 7.02. The molecule has 1 aliphatic heterocycles. The van der Waals surface area contributed by atoms with E-state index in [0.29, 0.717) is 19.4 Å². The molecule has 2 amide bonds. The molecule has 0 radical (unpaired) electrons. The molecule has 1 saturated heterocycles. The number of hydrogen-bond acceptors (Lipinski definition) is 3. The van der Waals surface area contributed by atoms with Crippen molar-refractivity contribution in [1.82, 2.24) is 10.2 Å². The third-order valence-corrected chi connectivity index (χ3v) is 2.35. The van der Waals surface area contributed by atoms with Crippen molar-refractivity contribution >= 4 is 17.8 Å². The molecule has 0 aliphatic carbocycles. The van der Waals surface area contributed by atoms with E-state index in [1.165, 1.54) is 11.8 Å². The normalized spacial score (nSPS) is 20.1. The average molecular weight is 214 g/mol. The van der Waals surface area contributed by atoms with Gasteiger partial charge in [0, 0.05) is 13.5 Å². The van der Waals surface area contributed by atoms with Crippen LogP contribution in [-0.2, 0) is 14.4 Å². The highest BCUT2D eigenvalue weighted by Crippen LogP contribution is 2.16. The van der Waals surface area contributed by atoms with Gasteiger partial charge in [-0.25, -0.2) is 4.79 Å². The molecule has 1 rings (SSSR count). The van der Waals surface area contributed by atoms with Crippen molar-refractivity contribution < 1.29 is 19.5 Å². The van der Waals surface area contributed by atoms with Crippen LogP contribution < -0.4 is 5.32 Å². The first-order valence-electron chi connectivity index (χ1n) is 4.79. The monoisotopic (exact) mass is 214 g/mol. The van der Waals surface area contributed by atoms with Gasteiger partial charge in [-0.3, -0.25) is 9.59 Å². The van der Waals surface area contributed by atoms with Crippen LogP contribution in [0.25, 0.3) is 0 Å². The molecule has 0 aromatic rings. The maximum atomic E-state index is 11.5. The minimum Gasteiger partial charge on any atom is -0.480 e. The summed E-state index contributed by atoms with van der Waals surface area (Å²) in [4.78, 5) is 34.2. The summed E-state index contributed by atoms with van der Waals surface area (Å²) in [5.74, 6) is -1.62. The van der Waals surface area contributed by atoms with Crippen molar-refractivity contribution in [2.75, 3.05) is 13.1 Å². The van der Waals surface area contributed by atoms with Crippen LogP contribution in [0, 0.1) is 0 Å². The second-order valence-electron chi connectivity index (χ2n) is 3.49. The first kappa shape index (κ1) is 11.5. The van der Waals surface area contributed by atoms with E-state index < -0.39 is 12.0 Å². The predicted octanol–water partition coefficient (Wildman–Crippen LogP) is -0.802. The molecule has 0 aromatic carbocycles. The summed E-state index contributed by atoms with van der Waals surface area (Å²) in [6.45, 7) is 1.64. The Morgan fingerprint density at radius 2 is 2.13 bits per heavy atom. The highest BCUT2D eigenvalue weighted by atomic mass is 16.4. The van der Waals surface area contributed by atoms with Crippen LogP contribution in [0.4, 0.5) is 0 Å². The molecule has 15 heavy (non-hydrogen) atoms. The van der Waals surface area contributed by atoms with Crippen LogP contribution in [0.1, 0.15) is 19.8 Å². The van der Waals surface area contributed by atoms with E-state index in [0.717, 1.165) is 0 Å². The largest absolute Gasteiger partial charge is 0.480 e. The molecule has 6 nitrogen and oxygen atoms in total.